The van der Waals surface area contributed by atoms with Crippen LogP contribution < -0.4 is 5.32 Å². The SMILES string of the molecule is CCc1cncc(C(=O)Nc2nc(-c3ccco3)c(C(O)C3CCOCC3)s2)c1. The van der Waals surface area contributed by atoms with E-state index in [1.54, 1.807) is 24.6 Å². The molecule has 0 aliphatic carbocycles. The van der Waals surface area contributed by atoms with Crippen LogP contribution in [0.3, 0.4) is 0 Å². The van der Waals surface area contributed by atoms with Gasteiger partial charge in [0.25, 0.3) is 5.91 Å². The average Bonchev–Trinajstić information content (AvgIpc) is 3.44. The molecule has 7 nitrogen and oxygen atoms in total. The van der Waals surface area contributed by atoms with E-state index in [9.17, 15) is 9.90 Å². The number of aromatic nitrogens is 2. The molecule has 0 radical (unpaired) electrons. The lowest BCUT2D eigenvalue weighted by molar-refractivity contribution is 0.00862. The van der Waals surface area contributed by atoms with Crippen molar-refractivity contribution in [3.8, 4) is 11.5 Å². The van der Waals surface area contributed by atoms with Gasteiger partial charge in [0.1, 0.15) is 5.69 Å². The minimum absolute atomic E-state index is 0.0897. The van der Waals surface area contributed by atoms with E-state index in [0.29, 0.717) is 40.2 Å². The third-order valence-corrected chi connectivity index (χ3v) is 6.12. The Kier molecular flexibility index (Phi) is 6.03. The number of thiazole rings is 1. The maximum atomic E-state index is 12.7. The quantitative estimate of drug-likeness (QED) is 0.632. The summed E-state index contributed by atoms with van der Waals surface area (Å²) in [6, 6.07) is 5.40. The second kappa shape index (κ2) is 8.86. The lowest BCUT2D eigenvalue weighted by Gasteiger charge is -2.26. The van der Waals surface area contributed by atoms with Crippen molar-refractivity contribution in [3.63, 3.8) is 0 Å². The van der Waals surface area contributed by atoms with Gasteiger partial charge < -0.3 is 14.3 Å². The summed E-state index contributed by atoms with van der Waals surface area (Å²) in [7, 11) is 0. The Bertz CT molecular complexity index is 964. The maximum absolute atomic E-state index is 12.7. The Hall–Kier alpha value is -2.55. The third-order valence-electron chi connectivity index (χ3n) is 5.07. The molecular weight excluding hydrogens is 390 g/mol. The predicted octanol–water partition coefficient (Wildman–Crippen LogP) is 4.07. The molecule has 4 rings (SSSR count). The van der Waals surface area contributed by atoms with Gasteiger partial charge in [-0.1, -0.05) is 18.3 Å². The molecule has 152 valence electrons. The van der Waals surface area contributed by atoms with Gasteiger partial charge in [-0.2, -0.15) is 0 Å². The van der Waals surface area contributed by atoms with Crippen LogP contribution in [0.1, 0.15) is 46.7 Å². The van der Waals surface area contributed by atoms with E-state index in [1.165, 1.54) is 17.5 Å². The van der Waals surface area contributed by atoms with E-state index in [1.807, 2.05) is 13.0 Å². The number of aliphatic hydroxyl groups is 1. The second-order valence-electron chi connectivity index (χ2n) is 6.99. The van der Waals surface area contributed by atoms with Crippen LogP contribution in [0.2, 0.25) is 0 Å². The lowest BCUT2D eigenvalue weighted by Crippen LogP contribution is -2.21. The zero-order chi connectivity index (χ0) is 20.2. The molecule has 29 heavy (non-hydrogen) atoms. The Morgan fingerprint density at radius 3 is 2.93 bits per heavy atom. The van der Waals surface area contributed by atoms with Crippen LogP contribution in [-0.4, -0.2) is 34.2 Å². The van der Waals surface area contributed by atoms with Crippen LogP contribution in [-0.2, 0) is 11.2 Å². The molecule has 1 aliphatic heterocycles. The molecule has 4 heterocycles. The van der Waals surface area contributed by atoms with Gasteiger partial charge in [-0.25, -0.2) is 4.98 Å². The van der Waals surface area contributed by atoms with Crippen LogP contribution >= 0.6 is 11.3 Å². The van der Waals surface area contributed by atoms with E-state index in [-0.39, 0.29) is 11.8 Å². The standard InChI is InChI=1S/C21H23N3O4S/c1-2-13-10-15(12-22-11-13)20(26)24-21-23-17(16-4-3-7-28-16)19(29-21)18(25)14-5-8-27-9-6-14/h3-4,7,10-12,14,18,25H,2,5-6,8-9H2,1H3,(H,23,24,26). The van der Waals surface area contributed by atoms with Crippen molar-refractivity contribution in [3.05, 3.63) is 52.9 Å². The molecule has 2 N–H and O–H groups in total. The largest absolute Gasteiger partial charge is 0.463 e. The Morgan fingerprint density at radius 2 is 2.21 bits per heavy atom. The van der Waals surface area contributed by atoms with Crippen LogP contribution in [0.5, 0.6) is 0 Å². The molecule has 1 unspecified atom stereocenters. The number of rotatable bonds is 6. The normalized spacial score (nSPS) is 15.9. The number of furan rings is 1. The van der Waals surface area contributed by atoms with E-state index in [0.717, 1.165) is 24.8 Å². The molecular formula is C21H23N3O4S. The maximum Gasteiger partial charge on any atom is 0.259 e. The number of pyridine rings is 1. The van der Waals surface area contributed by atoms with E-state index in [2.05, 4.69) is 15.3 Å². The van der Waals surface area contributed by atoms with Crippen LogP contribution in [0.4, 0.5) is 5.13 Å². The van der Waals surface area contributed by atoms with Gasteiger partial charge in [-0.3, -0.25) is 15.1 Å². The molecule has 0 spiro atoms. The Labute approximate surface area is 172 Å². The molecule has 1 fully saturated rings. The summed E-state index contributed by atoms with van der Waals surface area (Å²) in [5.74, 6) is 0.379. The van der Waals surface area contributed by atoms with Gasteiger partial charge in [-0.15, -0.1) is 0 Å². The predicted molar refractivity (Wildman–Crippen MR) is 110 cm³/mol. The number of carbonyl (C=O) groups excluding carboxylic acids is 1. The zero-order valence-electron chi connectivity index (χ0n) is 16.1. The highest BCUT2D eigenvalue weighted by Gasteiger charge is 2.29. The first kappa shape index (κ1) is 19.8. The van der Waals surface area contributed by atoms with Crippen LogP contribution in [0.25, 0.3) is 11.5 Å². The van der Waals surface area contributed by atoms with E-state index < -0.39 is 6.10 Å². The van der Waals surface area contributed by atoms with Gasteiger partial charge in [0.05, 0.1) is 22.8 Å². The number of carbonyl (C=O) groups is 1. The average molecular weight is 413 g/mol. The highest BCUT2D eigenvalue weighted by Crippen LogP contribution is 2.41. The third kappa shape index (κ3) is 4.39. The molecule has 0 saturated carbocycles. The summed E-state index contributed by atoms with van der Waals surface area (Å²) < 4.78 is 10.9. The minimum atomic E-state index is -0.688. The number of aliphatic hydroxyl groups excluding tert-OH is 1. The van der Waals surface area contributed by atoms with Crippen molar-refractivity contribution in [1.82, 2.24) is 9.97 Å². The molecule has 0 bridgehead atoms. The smallest absolute Gasteiger partial charge is 0.259 e. The molecule has 0 aromatic carbocycles. The first-order valence-electron chi connectivity index (χ1n) is 9.71. The van der Waals surface area contributed by atoms with Crippen molar-refractivity contribution in [2.75, 3.05) is 18.5 Å². The minimum Gasteiger partial charge on any atom is -0.463 e. The van der Waals surface area contributed by atoms with Crippen LogP contribution in [0, 0.1) is 5.92 Å². The number of anilines is 1. The first-order chi connectivity index (χ1) is 14.2. The zero-order valence-corrected chi connectivity index (χ0v) is 16.9. The molecule has 1 amide bonds. The molecule has 3 aromatic rings. The molecule has 3 aromatic heterocycles. The van der Waals surface area contributed by atoms with Crippen molar-refractivity contribution in [1.29, 1.82) is 0 Å². The van der Waals surface area contributed by atoms with Gasteiger partial charge in [0, 0.05) is 25.6 Å². The van der Waals surface area contributed by atoms with Gasteiger partial charge in [-0.05, 0) is 48.9 Å². The van der Waals surface area contributed by atoms with E-state index >= 15 is 0 Å². The fourth-order valence-electron chi connectivity index (χ4n) is 3.40. The molecule has 8 heteroatoms. The highest BCUT2D eigenvalue weighted by molar-refractivity contribution is 7.16. The van der Waals surface area contributed by atoms with Crippen molar-refractivity contribution in [2.24, 2.45) is 5.92 Å². The topological polar surface area (TPSA) is 97.5 Å². The Morgan fingerprint density at radius 1 is 1.38 bits per heavy atom. The van der Waals surface area contributed by atoms with Crippen LogP contribution in [0.15, 0.2) is 41.3 Å². The van der Waals surface area contributed by atoms with Crippen molar-refractivity contribution in [2.45, 2.75) is 32.3 Å². The summed E-state index contributed by atoms with van der Waals surface area (Å²) >= 11 is 1.28. The number of hydrogen-bond donors (Lipinski definition) is 2. The monoisotopic (exact) mass is 413 g/mol. The molecule has 1 saturated heterocycles. The molecule has 1 atom stereocenters. The van der Waals surface area contributed by atoms with E-state index in [4.69, 9.17) is 9.15 Å². The number of hydrogen-bond acceptors (Lipinski definition) is 7. The lowest BCUT2D eigenvalue weighted by atomic mass is 9.92. The second-order valence-corrected chi connectivity index (χ2v) is 8.02. The molecule has 1 aliphatic rings. The van der Waals surface area contributed by atoms with Crippen molar-refractivity contribution >= 4 is 22.4 Å². The number of nitrogens with zero attached hydrogens (tertiary/aromatic N) is 2. The number of ether oxygens (including phenoxy) is 1. The summed E-state index contributed by atoms with van der Waals surface area (Å²) in [6.45, 7) is 3.29. The number of amides is 1. The van der Waals surface area contributed by atoms with Gasteiger partial charge in [0.2, 0.25) is 0 Å². The van der Waals surface area contributed by atoms with Gasteiger partial charge in [0.15, 0.2) is 10.9 Å². The summed E-state index contributed by atoms with van der Waals surface area (Å²) in [4.78, 5) is 22.1. The number of nitrogens with one attached hydrogen (secondary N) is 1. The highest BCUT2D eigenvalue weighted by atomic mass is 32.1. The number of aryl methyl sites for hydroxylation is 1. The summed E-state index contributed by atoms with van der Waals surface area (Å²) in [6.07, 6.45) is 6.54. The Balaban J connectivity index is 1.61. The van der Waals surface area contributed by atoms with Crippen molar-refractivity contribution < 1.29 is 19.1 Å². The fourth-order valence-corrected chi connectivity index (χ4v) is 4.44. The summed E-state index contributed by atoms with van der Waals surface area (Å²) in [5.41, 5.74) is 2.03. The van der Waals surface area contributed by atoms with Gasteiger partial charge >= 0.3 is 0 Å². The summed E-state index contributed by atoms with van der Waals surface area (Å²) in [5, 5.41) is 14.3. The fraction of sp³-hybridized carbons (Fsp3) is 0.381. The first-order valence-corrected chi connectivity index (χ1v) is 10.5.